The minimum absolute atomic E-state index is 0.671. The lowest BCUT2D eigenvalue weighted by atomic mass is 9.83. The minimum Gasteiger partial charge on any atom is -0.399 e. The van der Waals surface area contributed by atoms with Gasteiger partial charge in [0.2, 0.25) is 0 Å². The molecular formula is C19H24N2. The van der Waals surface area contributed by atoms with Crippen molar-refractivity contribution in [3.05, 3.63) is 59.2 Å². The van der Waals surface area contributed by atoms with E-state index in [2.05, 4.69) is 30.3 Å². The molecule has 0 saturated heterocycles. The van der Waals surface area contributed by atoms with Gasteiger partial charge in [-0.15, -0.1) is 0 Å². The van der Waals surface area contributed by atoms with Crippen molar-refractivity contribution in [2.75, 3.05) is 11.5 Å². The van der Waals surface area contributed by atoms with Gasteiger partial charge in [-0.3, -0.25) is 0 Å². The lowest BCUT2D eigenvalue weighted by molar-refractivity contribution is 0.444. The number of nitrogen functional groups attached to an aromatic ring is 2. The smallest absolute Gasteiger partial charge is 0.0352 e. The lowest BCUT2D eigenvalue weighted by Crippen LogP contribution is -2.07. The molecule has 0 heterocycles. The predicted octanol–water partition coefficient (Wildman–Crippen LogP) is 4.49. The van der Waals surface area contributed by atoms with E-state index in [-0.39, 0.29) is 0 Å². The molecule has 2 aromatic rings. The molecule has 4 N–H and O–H groups in total. The first kappa shape index (κ1) is 14.0. The highest BCUT2D eigenvalue weighted by molar-refractivity contribution is 5.52. The Balaban J connectivity index is 1.75. The standard InChI is InChI=1S/C19H24N2/c20-17-9-6-14(7-10-17)12-15-8-11-18(19(21)13-15)16-4-2-1-3-5-16/h6-11,13,16H,1-5,12,20-21H2. The van der Waals surface area contributed by atoms with Crippen LogP contribution in [-0.4, -0.2) is 0 Å². The summed E-state index contributed by atoms with van der Waals surface area (Å²) in [5, 5.41) is 0. The summed E-state index contributed by atoms with van der Waals surface area (Å²) < 4.78 is 0. The third-order valence-electron chi connectivity index (χ3n) is 4.58. The van der Waals surface area contributed by atoms with Gasteiger partial charge in [0.1, 0.15) is 0 Å². The zero-order valence-electron chi connectivity index (χ0n) is 12.5. The molecule has 1 aliphatic carbocycles. The van der Waals surface area contributed by atoms with Gasteiger partial charge in [0.05, 0.1) is 0 Å². The van der Waals surface area contributed by atoms with E-state index in [1.54, 1.807) is 0 Å². The summed E-state index contributed by atoms with van der Waals surface area (Å²) in [6, 6.07) is 14.7. The van der Waals surface area contributed by atoms with E-state index in [0.29, 0.717) is 5.92 Å². The van der Waals surface area contributed by atoms with E-state index in [9.17, 15) is 0 Å². The Hall–Kier alpha value is -1.96. The first-order valence-corrected chi connectivity index (χ1v) is 7.95. The molecule has 21 heavy (non-hydrogen) atoms. The number of hydrogen-bond donors (Lipinski definition) is 2. The number of hydrogen-bond acceptors (Lipinski definition) is 2. The van der Waals surface area contributed by atoms with Gasteiger partial charge in [-0.05, 0) is 60.1 Å². The van der Waals surface area contributed by atoms with Crippen molar-refractivity contribution < 1.29 is 0 Å². The number of anilines is 2. The maximum atomic E-state index is 6.31. The topological polar surface area (TPSA) is 52.0 Å². The fraction of sp³-hybridized carbons (Fsp3) is 0.368. The zero-order chi connectivity index (χ0) is 14.7. The lowest BCUT2D eigenvalue weighted by Gasteiger charge is -2.23. The Morgan fingerprint density at radius 1 is 0.810 bits per heavy atom. The van der Waals surface area contributed by atoms with Crippen molar-refractivity contribution in [3.63, 3.8) is 0 Å². The zero-order valence-corrected chi connectivity index (χ0v) is 12.5. The summed E-state index contributed by atoms with van der Waals surface area (Å²) in [7, 11) is 0. The fourth-order valence-corrected chi connectivity index (χ4v) is 3.39. The second-order valence-electron chi connectivity index (χ2n) is 6.22. The molecule has 1 saturated carbocycles. The SMILES string of the molecule is Nc1ccc(Cc2ccc(C3CCCCC3)c(N)c2)cc1. The Kier molecular flexibility index (Phi) is 4.14. The molecule has 2 heteroatoms. The van der Waals surface area contributed by atoms with Gasteiger partial charge in [0.25, 0.3) is 0 Å². The minimum atomic E-state index is 0.671. The van der Waals surface area contributed by atoms with Crippen molar-refractivity contribution in [3.8, 4) is 0 Å². The van der Waals surface area contributed by atoms with Gasteiger partial charge in [-0.25, -0.2) is 0 Å². The average Bonchev–Trinajstić information content (AvgIpc) is 2.51. The Morgan fingerprint density at radius 3 is 2.14 bits per heavy atom. The first-order chi connectivity index (χ1) is 10.2. The molecular weight excluding hydrogens is 256 g/mol. The van der Waals surface area contributed by atoms with Crippen LogP contribution in [0.2, 0.25) is 0 Å². The third kappa shape index (κ3) is 3.38. The van der Waals surface area contributed by atoms with Crippen molar-refractivity contribution in [1.82, 2.24) is 0 Å². The van der Waals surface area contributed by atoms with Crippen molar-refractivity contribution in [2.24, 2.45) is 0 Å². The van der Waals surface area contributed by atoms with E-state index in [4.69, 9.17) is 11.5 Å². The summed E-state index contributed by atoms with van der Waals surface area (Å²) in [4.78, 5) is 0. The van der Waals surface area contributed by atoms with E-state index >= 15 is 0 Å². The molecule has 110 valence electrons. The average molecular weight is 280 g/mol. The molecule has 0 atom stereocenters. The molecule has 1 aliphatic rings. The molecule has 0 aromatic heterocycles. The van der Waals surface area contributed by atoms with Gasteiger partial charge in [0, 0.05) is 11.4 Å². The Labute approximate surface area is 127 Å². The first-order valence-electron chi connectivity index (χ1n) is 7.95. The Bertz CT molecular complexity index is 595. The number of rotatable bonds is 3. The van der Waals surface area contributed by atoms with Crippen LogP contribution in [0, 0.1) is 0 Å². The summed E-state index contributed by atoms with van der Waals surface area (Å²) in [5.74, 6) is 0.671. The van der Waals surface area contributed by atoms with Gasteiger partial charge in [-0.2, -0.15) is 0 Å². The quantitative estimate of drug-likeness (QED) is 0.814. The monoisotopic (exact) mass is 280 g/mol. The summed E-state index contributed by atoms with van der Waals surface area (Å²) in [6.07, 6.45) is 7.57. The summed E-state index contributed by atoms with van der Waals surface area (Å²) in [5.41, 5.74) is 17.7. The van der Waals surface area contributed by atoms with Crippen LogP contribution in [0.3, 0.4) is 0 Å². The van der Waals surface area contributed by atoms with Crippen LogP contribution in [-0.2, 0) is 6.42 Å². The highest BCUT2D eigenvalue weighted by Crippen LogP contribution is 2.35. The van der Waals surface area contributed by atoms with Crippen LogP contribution in [0.4, 0.5) is 11.4 Å². The van der Waals surface area contributed by atoms with Gasteiger partial charge < -0.3 is 11.5 Å². The largest absolute Gasteiger partial charge is 0.399 e. The van der Waals surface area contributed by atoms with Crippen molar-refractivity contribution in [2.45, 2.75) is 44.4 Å². The molecule has 0 bridgehead atoms. The molecule has 1 fully saturated rings. The highest BCUT2D eigenvalue weighted by Gasteiger charge is 2.17. The van der Waals surface area contributed by atoms with Gasteiger partial charge in [-0.1, -0.05) is 43.5 Å². The van der Waals surface area contributed by atoms with Crippen molar-refractivity contribution >= 4 is 11.4 Å². The normalized spacial score (nSPS) is 16.0. The summed E-state index contributed by atoms with van der Waals surface area (Å²) in [6.45, 7) is 0. The second kappa shape index (κ2) is 6.21. The fourth-order valence-electron chi connectivity index (χ4n) is 3.39. The van der Waals surface area contributed by atoms with Crippen LogP contribution in [0.1, 0.15) is 54.7 Å². The molecule has 2 nitrogen and oxygen atoms in total. The maximum absolute atomic E-state index is 6.31. The van der Waals surface area contributed by atoms with Gasteiger partial charge >= 0.3 is 0 Å². The second-order valence-corrected chi connectivity index (χ2v) is 6.22. The molecule has 0 spiro atoms. The van der Waals surface area contributed by atoms with Crippen LogP contribution < -0.4 is 11.5 Å². The van der Waals surface area contributed by atoms with Crippen LogP contribution >= 0.6 is 0 Å². The number of nitrogens with two attached hydrogens (primary N) is 2. The molecule has 3 rings (SSSR count). The van der Waals surface area contributed by atoms with Crippen LogP contribution in [0.5, 0.6) is 0 Å². The number of benzene rings is 2. The molecule has 0 radical (unpaired) electrons. The third-order valence-corrected chi connectivity index (χ3v) is 4.58. The van der Waals surface area contributed by atoms with E-state index in [1.807, 2.05) is 12.1 Å². The van der Waals surface area contributed by atoms with E-state index in [0.717, 1.165) is 17.8 Å². The van der Waals surface area contributed by atoms with E-state index < -0.39 is 0 Å². The van der Waals surface area contributed by atoms with Gasteiger partial charge in [0.15, 0.2) is 0 Å². The predicted molar refractivity (Wildman–Crippen MR) is 90.3 cm³/mol. The summed E-state index contributed by atoms with van der Waals surface area (Å²) >= 11 is 0. The Morgan fingerprint density at radius 2 is 1.48 bits per heavy atom. The van der Waals surface area contributed by atoms with E-state index in [1.165, 1.54) is 48.8 Å². The van der Waals surface area contributed by atoms with Crippen LogP contribution in [0.25, 0.3) is 0 Å². The highest BCUT2D eigenvalue weighted by atomic mass is 14.6. The maximum Gasteiger partial charge on any atom is 0.0352 e. The molecule has 0 unspecified atom stereocenters. The molecule has 0 aliphatic heterocycles. The van der Waals surface area contributed by atoms with Crippen molar-refractivity contribution in [1.29, 1.82) is 0 Å². The van der Waals surface area contributed by atoms with Crippen LogP contribution in [0.15, 0.2) is 42.5 Å². The molecule has 0 amide bonds. The molecule has 2 aromatic carbocycles.